The average Bonchev–Trinajstić information content (AvgIpc) is 2.66. The Labute approximate surface area is 103 Å². The molecule has 0 saturated carbocycles. The van der Waals surface area contributed by atoms with Crippen molar-refractivity contribution in [1.29, 1.82) is 0 Å². The standard InChI is InChI=1S/C12H13F2NO3/c13-12(14)17-10-3-1-2-8(11(10)18-12)6-9-7-15-4-5-16-9/h1-3,9,15H,4-7H2/t9-/m1/s1. The van der Waals surface area contributed by atoms with Crippen molar-refractivity contribution in [1.82, 2.24) is 5.32 Å². The molecule has 98 valence electrons. The Balaban J connectivity index is 1.79. The van der Waals surface area contributed by atoms with Crippen LogP contribution >= 0.6 is 0 Å². The zero-order chi connectivity index (χ0) is 12.6. The molecule has 0 radical (unpaired) electrons. The SMILES string of the molecule is FC1(F)Oc2cccc(C[C@@H]3CNCCO3)c2O1. The van der Waals surface area contributed by atoms with Crippen LogP contribution in [0.2, 0.25) is 0 Å². The van der Waals surface area contributed by atoms with E-state index < -0.39 is 6.29 Å². The van der Waals surface area contributed by atoms with E-state index in [0.717, 1.165) is 6.54 Å². The number of morpholine rings is 1. The third kappa shape index (κ3) is 2.26. The Morgan fingerprint density at radius 1 is 1.33 bits per heavy atom. The van der Waals surface area contributed by atoms with Gasteiger partial charge in [0.2, 0.25) is 0 Å². The van der Waals surface area contributed by atoms with Gasteiger partial charge < -0.3 is 19.5 Å². The summed E-state index contributed by atoms with van der Waals surface area (Å²) in [4.78, 5) is 0. The lowest BCUT2D eigenvalue weighted by molar-refractivity contribution is -0.287. The van der Waals surface area contributed by atoms with Crippen molar-refractivity contribution in [3.8, 4) is 11.5 Å². The summed E-state index contributed by atoms with van der Waals surface area (Å²) < 4.78 is 40.5. The topological polar surface area (TPSA) is 39.7 Å². The molecular formula is C12H13F2NO3. The summed E-state index contributed by atoms with van der Waals surface area (Å²) in [7, 11) is 0. The maximum atomic E-state index is 13.0. The van der Waals surface area contributed by atoms with Crippen molar-refractivity contribution >= 4 is 0 Å². The molecule has 6 heteroatoms. The second-order valence-corrected chi connectivity index (χ2v) is 4.31. The Kier molecular flexibility index (Phi) is 2.83. The molecule has 0 amide bonds. The molecule has 0 aromatic heterocycles. The third-order valence-electron chi connectivity index (χ3n) is 2.96. The summed E-state index contributed by atoms with van der Waals surface area (Å²) in [6.07, 6.45) is -3.07. The molecule has 1 aromatic rings. The number of nitrogens with one attached hydrogen (secondary N) is 1. The highest BCUT2D eigenvalue weighted by molar-refractivity contribution is 5.49. The number of para-hydroxylation sites is 1. The number of rotatable bonds is 2. The Bertz CT molecular complexity index is 447. The van der Waals surface area contributed by atoms with Crippen molar-refractivity contribution in [3.05, 3.63) is 23.8 Å². The number of hydrogen-bond acceptors (Lipinski definition) is 4. The fourth-order valence-electron chi connectivity index (χ4n) is 2.18. The lowest BCUT2D eigenvalue weighted by Gasteiger charge is -2.23. The van der Waals surface area contributed by atoms with E-state index in [-0.39, 0.29) is 17.6 Å². The number of alkyl halides is 2. The first kappa shape index (κ1) is 11.7. The molecule has 0 unspecified atom stereocenters. The largest absolute Gasteiger partial charge is 0.586 e. The van der Waals surface area contributed by atoms with Crippen molar-refractivity contribution < 1.29 is 23.0 Å². The lowest BCUT2D eigenvalue weighted by Crippen LogP contribution is -2.39. The second-order valence-electron chi connectivity index (χ2n) is 4.31. The predicted octanol–water partition coefficient (Wildman–Crippen LogP) is 1.54. The molecule has 2 heterocycles. The van der Waals surface area contributed by atoms with Gasteiger partial charge >= 0.3 is 6.29 Å². The fourth-order valence-corrected chi connectivity index (χ4v) is 2.18. The minimum atomic E-state index is -3.57. The van der Waals surface area contributed by atoms with Crippen LogP contribution in [0.25, 0.3) is 0 Å². The molecule has 0 spiro atoms. The smallest absolute Gasteiger partial charge is 0.395 e. The molecule has 1 fully saturated rings. The van der Waals surface area contributed by atoms with Crippen molar-refractivity contribution in [2.75, 3.05) is 19.7 Å². The van der Waals surface area contributed by atoms with Crippen LogP contribution in [0.1, 0.15) is 5.56 Å². The third-order valence-corrected chi connectivity index (χ3v) is 2.96. The van der Waals surface area contributed by atoms with Gasteiger partial charge in [0.1, 0.15) is 0 Å². The molecule has 2 aliphatic rings. The molecule has 4 nitrogen and oxygen atoms in total. The normalized spacial score (nSPS) is 25.1. The van der Waals surface area contributed by atoms with Gasteiger partial charge in [-0.2, -0.15) is 0 Å². The molecule has 3 rings (SSSR count). The first-order chi connectivity index (χ1) is 8.64. The number of hydrogen-bond donors (Lipinski definition) is 1. The molecule has 1 aromatic carbocycles. The number of fused-ring (bicyclic) bond motifs is 1. The van der Waals surface area contributed by atoms with Crippen LogP contribution in [0.15, 0.2) is 18.2 Å². The van der Waals surface area contributed by atoms with Crippen molar-refractivity contribution in [2.45, 2.75) is 18.8 Å². The second kappa shape index (κ2) is 4.37. The molecule has 18 heavy (non-hydrogen) atoms. The highest BCUT2D eigenvalue weighted by Gasteiger charge is 2.44. The zero-order valence-electron chi connectivity index (χ0n) is 9.62. The maximum Gasteiger partial charge on any atom is 0.586 e. The van der Waals surface area contributed by atoms with Gasteiger partial charge in [0.15, 0.2) is 11.5 Å². The minimum absolute atomic E-state index is 0.0249. The van der Waals surface area contributed by atoms with E-state index in [1.54, 1.807) is 12.1 Å². The molecule has 2 aliphatic heterocycles. The van der Waals surface area contributed by atoms with E-state index in [1.807, 2.05) is 0 Å². The number of ether oxygens (including phenoxy) is 3. The highest BCUT2D eigenvalue weighted by Crippen LogP contribution is 2.43. The number of benzene rings is 1. The van der Waals surface area contributed by atoms with Crippen molar-refractivity contribution in [3.63, 3.8) is 0 Å². The molecule has 1 N–H and O–H groups in total. The monoisotopic (exact) mass is 257 g/mol. The summed E-state index contributed by atoms with van der Waals surface area (Å²) in [6.45, 7) is 2.16. The van der Waals surface area contributed by atoms with Gasteiger partial charge in [0, 0.05) is 25.1 Å². The van der Waals surface area contributed by atoms with Gasteiger partial charge in [-0.3, -0.25) is 0 Å². The van der Waals surface area contributed by atoms with E-state index in [9.17, 15) is 8.78 Å². The first-order valence-corrected chi connectivity index (χ1v) is 5.84. The van der Waals surface area contributed by atoms with Crippen LogP contribution in [-0.4, -0.2) is 32.1 Å². The van der Waals surface area contributed by atoms with Crippen LogP contribution < -0.4 is 14.8 Å². The van der Waals surface area contributed by atoms with E-state index >= 15 is 0 Å². The van der Waals surface area contributed by atoms with Gasteiger partial charge in [-0.05, 0) is 6.07 Å². The Morgan fingerprint density at radius 2 is 2.22 bits per heavy atom. The van der Waals surface area contributed by atoms with Gasteiger partial charge in [0.05, 0.1) is 12.7 Å². The number of halogens is 2. The summed E-state index contributed by atoms with van der Waals surface area (Å²) in [5.41, 5.74) is 0.679. The van der Waals surface area contributed by atoms with Gasteiger partial charge in [-0.25, -0.2) is 0 Å². The van der Waals surface area contributed by atoms with E-state index in [1.165, 1.54) is 6.07 Å². The summed E-state index contributed by atoms with van der Waals surface area (Å²) in [5.74, 6) is 0.206. The van der Waals surface area contributed by atoms with Gasteiger partial charge in [0.25, 0.3) is 0 Å². The highest BCUT2D eigenvalue weighted by atomic mass is 19.3. The molecule has 0 aliphatic carbocycles. The van der Waals surface area contributed by atoms with Crippen molar-refractivity contribution in [2.24, 2.45) is 0 Å². The van der Waals surface area contributed by atoms with Crippen LogP contribution in [0.3, 0.4) is 0 Å². The first-order valence-electron chi connectivity index (χ1n) is 5.84. The van der Waals surface area contributed by atoms with E-state index in [0.29, 0.717) is 25.1 Å². The van der Waals surface area contributed by atoms with Crippen LogP contribution in [0.4, 0.5) is 8.78 Å². The predicted molar refractivity (Wildman–Crippen MR) is 59.0 cm³/mol. The Morgan fingerprint density at radius 3 is 3.00 bits per heavy atom. The van der Waals surface area contributed by atoms with Gasteiger partial charge in [-0.15, -0.1) is 8.78 Å². The summed E-state index contributed by atoms with van der Waals surface area (Å²) in [6, 6.07) is 4.90. The van der Waals surface area contributed by atoms with E-state index in [2.05, 4.69) is 14.8 Å². The quantitative estimate of drug-likeness (QED) is 0.872. The average molecular weight is 257 g/mol. The summed E-state index contributed by atoms with van der Waals surface area (Å²) >= 11 is 0. The van der Waals surface area contributed by atoms with E-state index in [4.69, 9.17) is 4.74 Å². The van der Waals surface area contributed by atoms with Crippen LogP contribution in [0, 0.1) is 0 Å². The minimum Gasteiger partial charge on any atom is -0.395 e. The van der Waals surface area contributed by atoms with Crippen LogP contribution in [0.5, 0.6) is 11.5 Å². The molecular weight excluding hydrogens is 244 g/mol. The van der Waals surface area contributed by atoms with Crippen LogP contribution in [-0.2, 0) is 11.2 Å². The lowest BCUT2D eigenvalue weighted by atomic mass is 10.1. The molecule has 1 saturated heterocycles. The maximum absolute atomic E-state index is 13.0. The fraction of sp³-hybridized carbons (Fsp3) is 0.500. The molecule has 1 atom stereocenters. The molecule has 0 bridgehead atoms. The zero-order valence-corrected chi connectivity index (χ0v) is 9.62. The van der Waals surface area contributed by atoms with Gasteiger partial charge in [-0.1, -0.05) is 12.1 Å². The Hall–Kier alpha value is -1.40. The summed E-state index contributed by atoms with van der Waals surface area (Å²) in [5, 5.41) is 3.19.